The SMILES string of the molecule is O=C(NCC(=O)N1CCN(S(=O)(=O)c2ccc3c(c2)CCC3)CC1)OCc1ccccc1. The highest BCUT2D eigenvalue weighted by atomic mass is 32.2. The van der Waals surface area contributed by atoms with Crippen molar-refractivity contribution in [1.82, 2.24) is 14.5 Å². The molecule has 1 heterocycles. The summed E-state index contributed by atoms with van der Waals surface area (Å²) in [6, 6.07) is 14.6. The van der Waals surface area contributed by atoms with Crippen molar-refractivity contribution in [2.24, 2.45) is 0 Å². The molecule has 1 N–H and O–H groups in total. The molecule has 0 bridgehead atoms. The Morgan fingerprint density at radius 1 is 0.938 bits per heavy atom. The first kappa shape index (κ1) is 22.3. The Labute approximate surface area is 188 Å². The zero-order chi connectivity index (χ0) is 22.6. The first-order chi connectivity index (χ1) is 15.4. The topological polar surface area (TPSA) is 96.0 Å². The first-order valence-electron chi connectivity index (χ1n) is 10.8. The fourth-order valence-corrected chi connectivity index (χ4v) is 5.54. The monoisotopic (exact) mass is 457 g/mol. The Morgan fingerprint density at radius 3 is 2.41 bits per heavy atom. The summed E-state index contributed by atoms with van der Waals surface area (Å²) in [6.07, 6.45) is 2.32. The van der Waals surface area contributed by atoms with E-state index >= 15 is 0 Å². The number of hydrogen-bond acceptors (Lipinski definition) is 5. The van der Waals surface area contributed by atoms with Crippen LogP contribution in [-0.2, 0) is 39.0 Å². The maximum absolute atomic E-state index is 13.0. The van der Waals surface area contributed by atoms with E-state index < -0.39 is 16.1 Å². The number of carbonyl (C=O) groups excluding carboxylic acids is 2. The van der Waals surface area contributed by atoms with E-state index in [1.165, 1.54) is 9.87 Å². The number of alkyl carbamates (subject to hydrolysis) is 1. The number of rotatable bonds is 6. The lowest BCUT2D eigenvalue weighted by Gasteiger charge is -2.34. The number of fused-ring (bicyclic) bond motifs is 1. The molecule has 8 nitrogen and oxygen atoms in total. The van der Waals surface area contributed by atoms with E-state index in [2.05, 4.69) is 5.32 Å². The molecule has 0 spiro atoms. The molecule has 170 valence electrons. The smallest absolute Gasteiger partial charge is 0.407 e. The highest BCUT2D eigenvalue weighted by Crippen LogP contribution is 2.26. The molecule has 0 saturated carbocycles. The molecule has 1 fully saturated rings. The number of amides is 2. The summed E-state index contributed by atoms with van der Waals surface area (Å²) < 4.78 is 32.6. The number of hydrogen-bond donors (Lipinski definition) is 1. The molecule has 2 amide bonds. The molecular formula is C23H27N3O5S. The van der Waals surface area contributed by atoms with Gasteiger partial charge in [-0.3, -0.25) is 4.79 Å². The molecule has 4 rings (SSSR count). The van der Waals surface area contributed by atoms with E-state index in [-0.39, 0.29) is 45.2 Å². The van der Waals surface area contributed by atoms with Gasteiger partial charge in [0.25, 0.3) is 0 Å². The minimum atomic E-state index is -3.59. The molecule has 32 heavy (non-hydrogen) atoms. The van der Waals surface area contributed by atoms with Crippen molar-refractivity contribution in [3.8, 4) is 0 Å². The van der Waals surface area contributed by atoms with E-state index in [9.17, 15) is 18.0 Å². The zero-order valence-electron chi connectivity index (χ0n) is 17.8. The largest absolute Gasteiger partial charge is 0.445 e. The molecule has 2 aromatic rings. The van der Waals surface area contributed by atoms with Gasteiger partial charge in [0.2, 0.25) is 15.9 Å². The fourth-order valence-electron chi connectivity index (χ4n) is 4.07. The predicted octanol–water partition coefficient (Wildman–Crippen LogP) is 1.93. The summed E-state index contributed by atoms with van der Waals surface area (Å²) >= 11 is 0. The second-order valence-electron chi connectivity index (χ2n) is 7.98. The maximum Gasteiger partial charge on any atom is 0.407 e. The van der Waals surface area contributed by atoms with E-state index in [4.69, 9.17) is 4.74 Å². The summed E-state index contributed by atoms with van der Waals surface area (Å²) in [5.41, 5.74) is 3.20. The summed E-state index contributed by atoms with van der Waals surface area (Å²) in [5, 5.41) is 2.46. The number of piperazine rings is 1. The van der Waals surface area contributed by atoms with Gasteiger partial charge >= 0.3 is 6.09 Å². The number of benzene rings is 2. The van der Waals surface area contributed by atoms with Crippen molar-refractivity contribution in [3.05, 3.63) is 65.2 Å². The number of sulfonamides is 1. The van der Waals surface area contributed by atoms with Gasteiger partial charge in [-0.05, 0) is 48.1 Å². The molecular weight excluding hydrogens is 430 g/mol. The Bertz CT molecular complexity index is 1080. The lowest BCUT2D eigenvalue weighted by atomic mass is 10.1. The van der Waals surface area contributed by atoms with Crippen LogP contribution in [0.3, 0.4) is 0 Å². The third-order valence-electron chi connectivity index (χ3n) is 5.90. The highest BCUT2D eigenvalue weighted by Gasteiger charge is 2.30. The number of nitrogens with one attached hydrogen (secondary N) is 1. The molecule has 2 aromatic carbocycles. The first-order valence-corrected chi connectivity index (χ1v) is 12.2. The van der Waals surface area contributed by atoms with Crippen molar-refractivity contribution in [2.75, 3.05) is 32.7 Å². The molecule has 0 atom stereocenters. The van der Waals surface area contributed by atoms with E-state index in [1.54, 1.807) is 17.0 Å². The molecule has 9 heteroatoms. The van der Waals surface area contributed by atoms with Gasteiger partial charge in [0.15, 0.2) is 0 Å². The Hall–Kier alpha value is -2.91. The van der Waals surface area contributed by atoms with Crippen molar-refractivity contribution < 1.29 is 22.7 Å². The van der Waals surface area contributed by atoms with Crippen LogP contribution in [0.25, 0.3) is 0 Å². The summed E-state index contributed by atoms with van der Waals surface area (Å²) in [4.78, 5) is 26.1. The van der Waals surface area contributed by atoms with Gasteiger partial charge in [-0.25, -0.2) is 13.2 Å². The van der Waals surface area contributed by atoms with Crippen LogP contribution in [0.4, 0.5) is 4.79 Å². The van der Waals surface area contributed by atoms with Crippen LogP contribution >= 0.6 is 0 Å². The Kier molecular flexibility index (Phi) is 6.76. The van der Waals surface area contributed by atoms with Gasteiger partial charge in [0, 0.05) is 26.2 Å². The maximum atomic E-state index is 13.0. The van der Waals surface area contributed by atoms with Gasteiger partial charge in [0.05, 0.1) is 4.90 Å². The highest BCUT2D eigenvalue weighted by molar-refractivity contribution is 7.89. The van der Waals surface area contributed by atoms with Crippen molar-refractivity contribution in [1.29, 1.82) is 0 Å². The van der Waals surface area contributed by atoms with Gasteiger partial charge in [-0.1, -0.05) is 36.4 Å². The van der Waals surface area contributed by atoms with E-state index in [0.717, 1.165) is 30.4 Å². The van der Waals surface area contributed by atoms with E-state index in [0.29, 0.717) is 4.90 Å². The summed E-state index contributed by atoms with van der Waals surface area (Å²) in [6.45, 7) is 0.950. The summed E-state index contributed by atoms with van der Waals surface area (Å²) in [7, 11) is -3.59. The van der Waals surface area contributed by atoms with Crippen LogP contribution in [-0.4, -0.2) is 62.3 Å². The van der Waals surface area contributed by atoms with Crippen molar-refractivity contribution in [2.45, 2.75) is 30.8 Å². The Balaban J connectivity index is 1.24. The Morgan fingerprint density at radius 2 is 1.66 bits per heavy atom. The summed E-state index contributed by atoms with van der Waals surface area (Å²) in [5.74, 6) is -0.267. The molecule has 0 radical (unpaired) electrons. The number of aryl methyl sites for hydroxylation is 2. The van der Waals surface area contributed by atoms with E-state index in [1.807, 2.05) is 36.4 Å². The zero-order valence-corrected chi connectivity index (χ0v) is 18.6. The van der Waals surface area contributed by atoms with Crippen LogP contribution in [0.5, 0.6) is 0 Å². The van der Waals surface area contributed by atoms with Crippen LogP contribution < -0.4 is 5.32 Å². The van der Waals surface area contributed by atoms with Gasteiger partial charge in [-0.2, -0.15) is 4.31 Å². The lowest BCUT2D eigenvalue weighted by molar-refractivity contribution is -0.131. The molecule has 1 aliphatic carbocycles. The van der Waals surface area contributed by atoms with Crippen LogP contribution in [0.2, 0.25) is 0 Å². The molecule has 0 aromatic heterocycles. The van der Waals surface area contributed by atoms with Crippen molar-refractivity contribution >= 4 is 22.0 Å². The normalized spacial score (nSPS) is 16.4. The van der Waals surface area contributed by atoms with Gasteiger partial charge < -0.3 is 15.0 Å². The molecule has 1 aliphatic heterocycles. The van der Waals surface area contributed by atoms with Gasteiger partial charge in [-0.15, -0.1) is 0 Å². The van der Waals surface area contributed by atoms with Crippen LogP contribution in [0.15, 0.2) is 53.4 Å². The lowest BCUT2D eigenvalue weighted by Crippen LogP contribution is -2.52. The average molecular weight is 458 g/mol. The molecule has 0 unspecified atom stereocenters. The number of ether oxygens (including phenoxy) is 1. The standard InChI is InChI=1S/C23H27N3O5S/c27-22(16-24-23(28)31-17-18-5-2-1-3-6-18)25-11-13-26(14-12-25)32(29,30)21-10-9-19-7-4-8-20(19)15-21/h1-3,5-6,9-10,15H,4,7-8,11-14,16-17H2,(H,24,28). The minimum Gasteiger partial charge on any atom is -0.445 e. The second-order valence-corrected chi connectivity index (χ2v) is 9.92. The van der Waals surface area contributed by atoms with Crippen molar-refractivity contribution in [3.63, 3.8) is 0 Å². The average Bonchev–Trinajstić information content (AvgIpc) is 3.30. The third kappa shape index (κ3) is 5.11. The van der Waals surface area contributed by atoms with Gasteiger partial charge in [0.1, 0.15) is 13.2 Å². The molecule has 1 saturated heterocycles. The predicted molar refractivity (Wildman–Crippen MR) is 118 cm³/mol. The minimum absolute atomic E-state index is 0.125. The van der Waals surface area contributed by atoms with Crippen LogP contribution in [0.1, 0.15) is 23.1 Å². The molecule has 2 aliphatic rings. The van der Waals surface area contributed by atoms with Crippen LogP contribution in [0, 0.1) is 0 Å². The fraction of sp³-hybridized carbons (Fsp3) is 0.391. The number of nitrogens with zero attached hydrogens (tertiary/aromatic N) is 2. The number of carbonyl (C=O) groups is 2. The third-order valence-corrected chi connectivity index (χ3v) is 7.79. The quantitative estimate of drug-likeness (QED) is 0.715. The second kappa shape index (κ2) is 9.70.